The molecule has 1 atom stereocenters. The largest absolute Gasteiger partial charge is 0.478 e. The minimum atomic E-state index is -1.06. The van der Waals surface area contributed by atoms with E-state index in [0.29, 0.717) is 48.5 Å². The number of anilines is 1. The maximum atomic E-state index is 14.1. The van der Waals surface area contributed by atoms with Crippen molar-refractivity contribution >= 4 is 46.4 Å². The fourth-order valence-corrected chi connectivity index (χ4v) is 8.43. The number of nitrogens with zero attached hydrogens (tertiary/aromatic N) is 1. The molecule has 2 heterocycles. The zero-order valence-electron chi connectivity index (χ0n) is 28.5. The number of benzene rings is 3. The monoisotopic (exact) mass is 672 g/mol. The first kappa shape index (κ1) is 33.3. The highest BCUT2D eigenvalue weighted by Crippen LogP contribution is 2.47. The van der Waals surface area contributed by atoms with E-state index in [-0.39, 0.29) is 23.6 Å². The molecular weight excluding hydrogens is 628 g/mol. The van der Waals surface area contributed by atoms with E-state index in [0.717, 1.165) is 48.2 Å². The van der Waals surface area contributed by atoms with E-state index in [9.17, 15) is 19.2 Å². The fourth-order valence-electron chi connectivity index (χ4n) is 8.43. The Morgan fingerprint density at radius 1 is 0.900 bits per heavy atom. The number of fused-ring (bicyclic) bond motifs is 5. The Labute approximate surface area is 292 Å². The minimum absolute atomic E-state index is 0.00294. The first-order valence-electron chi connectivity index (χ1n) is 17.9. The second kappa shape index (κ2) is 14.0. The summed E-state index contributed by atoms with van der Waals surface area (Å²) >= 11 is 0. The molecule has 0 radical (unpaired) electrons. The van der Waals surface area contributed by atoms with Gasteiger partial charge in [-0.1, -0.05) is 74.6 Å². The predicted molar refractivity (Wildman–Crippen MR) is 195 cm³/mol. The van der Waals surface area contributed by atoms with Crippen LogP contribution in [0.2, 0.25) is 0 Å². The molecule has 3 amide bonds. The number of amides is 3. The number of carbonyl (C=O) groups is 4. The van der Waals surface area contributed by atoms with Gasteiger partial charge in [-0.2, -0.15) is 0 Å². The molecule has 3 aromatic carbocycles. The average molecular weight is 673 g/mol. The van der Waals surface area contributed by atoms with Crippen LogP contribution in [-0.4, -0.2) is 46.0 Å². The second-order valence-electron chi connectivity index (χ2n) is 14.1. The Bertz CT molecular complexity index is 1980. The molecule has 2 fully saturated rings. The highest BCUT2D eigenvalue weighted by molar-refractivity contribution is 6.06. The number of hydrogen-bond acceptors (Lipinski definition) is 4. The van der Waals surface area contributed by atoms with Gasteiger partial charge in [-0.15, -0.1) is 0 Å². The first-order chi connectivity index (χ1) is 24.3. The van der Waals surface area contributed by atoms with E-state index in [2.05, 4.69) is 44.8 Å². The third-order valence-electron chi connectivity index (χ3n) is 11.0. The van der Waals surface area contributed by atoms with Crippen LogP contribution >= 0.6 is 0 Å². The summed E-state index contributed by atoms with van der Waals surface area (Å²) in [5.74, 6) is -1.45. The third kappa shape index (κ3) is 6.44. The molecule has 9 heteroatoms. The van der Waals surface area contributed by atoms with Gasteiger partial charge in [0.15, 0.2) is 0 Å². The minimum Gasteiger partial charge on any atom is -0.478 e. The molecule has 1 aromatic heterocycles. The van der Waals surface area contributed by atoms with Crippen LogP contribution in [0.4, 0.5) is 5.69 Å². The number of hydrogen-bond donors (Lipinski definition) is 4. The van der Waals surface area contributed by atoms with Crippen molar-refractivity contribution in [3.8, 4) is 11.3 Å². The fraction of sp³-hybridized carbons (Fsp3) is 0.366. The van der Waals surface area contributed by atoms with E-state index in [1.165, 1.54) is 42.2 Å². The molecular formula is C41H44N4O5. The van der Waals surface area contributed by atoms with Crippen molar-refractivity contribution in [2.45, 2.75) is 82.2 Å². The molecule has 4 N–H and O–H groups in total. The predicted octanol–water partition coefficient (Wildman–Crippen LogP) is 7.05. The molecule has 2 saturated carbocycles. The summed E-state index contributed by atoms with van der Waals surface area (Å²) in [5, 5.41) is 19.0. The molecule has 3 aliphatic rings. The van der Waals surface area contributed by atoms with E-state index < -0.39 is 11.5 Å². The van der Waals surface area contributed by atoms with Gasteiger partial charge < -0.3 is 25.6 Å². The van der Waals surface area contributed by atoms with Crippen molar-refractivity contribution in [1.82, 2.24) is 15.2 Å². The van der Waals surface area contributed by atoms with Crippen LogP contribution in [0.5, 0.6) is 0 Å². The van der Waals surface area contributed by atoms with E-state index in [4.69, 9.17) is 5.11 Å². The van der Waals surface area contributed by atoms with Crippen LogP contribution in [0.1, 0.15) is 90.8 Å². The summed E-state index contributed by atoms with van der Waals surface area (Å²) in [7, 11) is 1.69. The van der Waals surface area contributed by atoms with Crippen molar-refractivity contribution in [2.75, 3.05) is 12.4 Å². The molecule has 4 aromatic rings. The highest BCUT2D eigenvalue weighted by atomic mass is 16.4. The molecule has 50 heavy (non-hydrogen) atoms. The number of nitrogens with one attached hydrogen (secondary N) is 3. The third-order valence-corrected chi connectivity index (χ3v) is 11.0. The van der Waals surface area contributed by atoms with E-state index >= 15 is 0 Å². The summed E-state index contributed by atoms with van der Waals surface area (Å²) in [6.07, 6.45) is 11.8. The van der Waals surface area contributed by atoms with Crippen molar-refractivity contribution < 1.29 is 24.3 Å². The van der Waals surface area contributed by atoms with Gasteiger partial charge in [-0.25, -0.2) is 4.79 Å². The van der Waals surface area contributed by atoms with Crippen LogP contribution < -0.4 is 16.0 Å². The standard InChI is InChI=1S/C41H44N4O5/c1-42-38(48)30-23-28-11-5-6-12-32(28)37-36(27-9-3-2-4-10-27)33-19-16-29(24-34(33)45(37)25-30)39(49)44-41(21-7-8-22-41)40(50)43-31-17-13-26(14-18-31)15-20-35(46)47/h5-6,11-20,24,27,30H,2-4,7-10,21-23,25H2,1H3,(H,42,48)(H,43,50)(H,44,49)(H,46,47)/b20-15+. The lowest BCUT2D eigenvalue weighted by atomic mass is 9.81. The van der Waals surface area contributed by atoms with Crippen LogP contribution in [0.25, 0.3) is 28.2 Å². The zero-order valence-corrected chi connectivity index (χ0v) is 28.5. The molecule has 2 aliphatic carbocycles. The number of rotatable bonds is 8. The van der Waals surface area contributed by atoms with Gasteiger partial charge in [0.1, 0.15) is 5.54 Å². The SMILES string of the molecule is CNC(=O)C1Cc2ccccc2-c2c(C3CCCCC3)c3ccc(C(=O)NC4(C(=O)Nc5ccc(/C=C/C(=O)O)cc5)CCCC4)cc3n2C1. The Morgan fingerprint density at radius 2 is 1.64 bits per heavy atom. The van der Waals surface area contributed by atoms with Crippen molar-refractivity contribution in [3.63, 3.8) is 0 Å². The van der Waals surface area contributed by atoms with Gasteiger partial charge >= 0.3 is 5.97 Å². The van der Waals surface area contributed by atoms with Gasteiger partial charge in [0.25, 0.3) is 5.91 Å². The normalized spacial score (nSPS) is 18.6. The molecule has 0 bridgehead atoms. The van der Waals surface area contributed by atoms with Crippen LogP contribution in [0.3, 0.4) is 0 Å². The Morgan fingerprint density at radius 3 is 2.36 bits per heavy atom. The number of carbonyl (C=O) groups excluding carboxylic acids is 3. The lowest BCUT2D eigenvalue weighted by Gasteiger charge is -2.29. The maximum absolute atomic E-state index is 14.1. The second-order valence-corrected chi connectivity index (χ2v) is 14.1. The number of aliphatic carboxylic acids is 1. The molecule has 7 rings (SSSR count). The van der Waals surface area contributed by atoms with Gasteiger partial charge in [0, 0.05) is 47.4 Å². The Balaban J connectivity index is 1.24. The quantitative estimate of drug-likeness (QED) is 0.149. The lowest BCUT2D eigenvalue weighted by molar-refractivity contribution is -0.131. The molecule has 258 valence electrons. The molecule has 9 nitrogen and oxygen atoms in total. The van der Waals surface area contributed by atoms with Crippen LogP contribution in [0.15, 0.2) is 72.8 Å². The molecule has 1 aliphatic heterocycles. The topological polar surface area (TPSA) is 130 Å². The smallest absolute Gasteiger partial charge is 0.328 e. The number of aromatic nitrogens is 1. The van der Waals surface area contributed by atoms with E-state index in [1.807, 2.05) is 18.2 Å². The molecule has 0 saturated heterocycles. The first-order valence-corrected chi connectivity index (χ1v) is 17.9. The maximum Gasteiger partial charge on any atom is 0.328 e. The summed E-state index contributed by atoms with van der Waals surface area (Å²) in [5.41, 5.74) is 6.46. The average Bonchev–Trinajstić information content (AvgIpc) is 3.69. The van der Waals surface area contributed by atoms with Crippen molar-refractivity contribution in [3.05, 3.63) is 95.1 Å². The van der Waals surface area contributed by atoms with Crippen LogP contribution in [0, 0.1) is 5.92 Å². The van der Waals surface area contributed by atoms with Gasteiger partial charge in [0.05, 0.1) is 11.6 Å². The van der Waals surface area contributed by atoms with E-state index in [1.54, 1.807) is 31.3 Å². The van der Waals surface area contributed by atoms with Crippen molar-refractivity contribution in [1.29, 1.82) is 0 Å². The molecule has 0 spiro atoms. The van der Waals surface area contributed by atoms with Crippen molar-refractivity contribution in [2.24, 2.45) is 5.92 Å². The van der Waals surface area contributed by atoms with Gasteiger partial charge in [-0.3, -0.25) is 14.4 Å². The number of carboxylic acid groups (broad SMARTS) is 1. The summed E-state index contributed by atoms with van der Waals surface area (Å²) in [6, 6.07) is 21.3. The Kier molecular flexibility index (Phi) is 9.31. The van der Waals surface area contributed by atoms with Gasteiger partial charge in [-0.05, 0) is 85.1 Å². The van der Waals surface area contributed by atoms with Gasteiger partial charge in [0.2, 0.25) is 11.8 Å². The highest BCUT2D eigenvalue weighted by Gasteiger charge is 2.43. The number of carboxylic acids is 1. The lowest BCUT2D eigenvalue weighted by Crippen LogP contribution is -2.55. The Hall–Kier alpha value is -5.18. The molecule has 1 unspecified atom stereocenters. The summed E-state index contributed by atoms with van der Waals surface area (Å²) in [6.45, 7) is 0.509. The summed E-state index contributed by atoms with van der Waals surface area (Å²) in [4.78, 5) is 52.0. The zero-order chi connectivity index (χ0) is 34.8. The summed E-state index contributed by atoms with van der Waals surface area (Å²) < 4.78 is 2.29. The van der Waals surface area contributed by atoms with Crippen LogP contribution in [-0.2, 0) is 27.3 Å².